The van der Waals surface area contributed by atoms with Gasteiger partial charge in [-0.25, -0.2) is 0 Å². The lowest BCUT2D eigenvalue weighted by atomic mass is 9.95. The summed E-state index contributed by atoms with van der Waals surface area (Å²) in [6.45, 7) is 4.95. The molecule has 1 saturated carbocycles. The maximum Gasteiger partial charge on any atom is 0.254 e. The molecule has 1 atom stereocenters. The highest BCUT2D eigenvalue weighted by Gasteiger charge is 2.27. The molecule has 3 rings (SSSR count). The van der Waals surface area contributed by atoms with Crippen LogP contribution < -0.4 is 5.32 Å². The molecule has 2 aliphatic rings. The number of carbonyl (C=O) groups excluding carboxylic acids is 2. The monoisotopic (exact) mass is 358 g/mol. The highest BCUT2D eigenvalue weighted by atomic mass is 16.2. The van der Waals surface area contributed by atoms with Crippen molar-refractivity contribution in [1.82, 2.24) is 20.1 Å². The lowest BCUT2D eigenvalue weighted by molar-refractivity contribution is -0.126. The lowest BCUT2D eigenvalue weighted by Crippen LogP contribution is -2.49. The highest BCUT2D eigenvalue weighted by Crippen LogP contribution is 2.18. The lowest BCUT2D eigenvalue weighted by Gasteiger charge is -2.30. The molecular weight excluding hydrogens is 328 g/mol. The number of pyridine rings is 1. The zero-order valence-corrected chi connectivity index (χ0v) is 15.7. The second-order valence-corrected chi connectivity index (χ2v) is 7.44. The molecule has 0 bridgehead atoms. The Morgan fingerprint density at radius 1 is 1.04 bits per heavy atom. The van der Waals surface area contributed by atoms with E-state index in [9.17, 15) is 9.59 Å². The number of hydrogen-bond acceptors (Lipinski definition) is 4. The van der Waals surface area contributed by atoms with Crippen molar-refractivity contribution in [1.29, 1.82) is 0 Å². The molecule has 6 heteroatoms. The number of hydrogen-bond donors (Lipinski definition) is 1. The standard InChI is InChI=1S/C20H30N4O2/c1-16(19(25)22-18-6-3-2-4-7-18)23-12-5-13-24(15-14-23)20(26)17-8-10-21-11-9-17/h8-11,16,18H,2-7,12-15H2,1H3,(H,22,25). The van der Waals surface area contributed by atoms with E-state index in [0.29, 0.717) is 18.2 Å². The number of nitrogens with zero attached hydrogens (tertiary/aromatic N) is 3. The summed E-state index contributed by atoms with van der Waals surface area (Å²) in [6.07, 6.45) is 10.1. The molecule has 1 aromatic heterocycles. The minimum absolute atomic E-state index is 0.0496. The fourth-order valence-corrected chi connectivity index (χ4v) is 3.94. The second kappa shape index (κ2) is 9.12. The van der Waals surface area contributed by atoms with Crippen molar-refractivity contribution in [3.8, 4) is 0 Å². The Morgan fingerprint density at radius 2 is 1.77 bits per heavy atom. The van der Waals surface area contributed by atoms with Gasteiger partial charge < -0.3 is 10.2 Å². The zero-order chi connectivity index (χ0) is 18.4. The predicted molar refractivity (Wildman–Crippen MR) is 101 cm³/mol. The van der Waals surface area contributed by atoms with Gasteiger partial charge in [0.25, 0.3) is 5.91 Å². The summed E-state index contributed by atoms with van der Waals surface area (Å²) >= 11 is 0. The average molecular weight is 358 g/mol. The van der Waals surface area contributed by atoms with Crippen LogP contribution in [0.5, 0.6) is 0 Å². The SMILES string of the molecule is CC(C(=O)NC1CCCCC1)N1CCCN(C(=O)c2ccncc2)CC1. The van der Waals surface area contributed by atoms with Crippen LogP contribution >= 0.6 is 0 Å². The van der Waals surface area contributed by atoms with E-state index in [0.717, 1.165) is 38.9 Å². The molecule has 2 fully saturated rings. The Bertz CT molecular complexity index is 601. The van der Waals surface area contributed by atoms with Gasteiger partial charge in [-0.3, -0.25) is 19.5 Å². The van der Waals surface area contributed by atoms with Crippen LogP contribution in [0.4, 0.5) is 0 Å². The minimum Gasteiger partial charge on any atom is -0.352 e. The molecule has 6 nitrogen and oxygen atoms in total. The first-order valence-electron chi connectivity index (χ1n) is 9.89. The van der Waals surface area contributed by atoms with Crippen LogP contribution in [0.1, 0.15) is 55.8 Å². The summed E-state index contributed by atoms with van der Waals surface area (Å²) in [6, 6.07) is 3.71. The van der Waals surface area contributed by atoms with Crippen LogP contribution in [0.2, 0.25) is 0 Å². The van der Waals surface area contributed by atoms with Gasteiger partial charge in [0, 0.05) is 50.2 Å². The molecule has 0 aromatic carbocycles. The largest absolute Gasteiger partial charge is 0.352 e. The molecule has 1 aliphatic heterocycles. The predicted octanol–water partition coefficient (Wildman–Crippen LogP) is 2.07. The third-order valence-corrected chi connectivity index (χ3v) is 5.62. The van der Waals surface area contributed by atoms with Gasteiger partial charge in [0.1, 0.15) is 0 Å². The molecule has 26 heavy (non-hydrogen) atoms. The topological polar surface area (TPSA) is 65.5 Å². The average Bonchev–Trinajstić information content (AvgIpc) is 2.94. The van der Waals surface area contributed by atoms with Crippen molar-refractivity contribution in [2.75, 3.05) is 26.2 Å². The van der Waals surface area contributed by atoms with Crippen molar-refractivity contribution < 1.29 is 9.59 Å². The summed E-state index contributed by atoms with van der Waals surface area (Å²) in [5, 5.41) is 3.23. The Morgan fingerprint density at radius 3 is 2.50 bits per heavy atom. The fraction of sp³-hybridized carbons (Fsp3) is 0.650. The molecule has 2 heterocycles. The maximum absolute atomic E-state index is 12.6. The van der Waals surface area contributed by atoms with Gasteiger partial charge in [0.15, 0.2) is 0 Å². The summed E-state index contributed by atoms with van der Waals surface area (Å²) in [7, 11) is 0. The van der Waals surface area contributed by atoms with Crippen LogP contribution in [-0.2, 0) is 4.79 Å². The van der Waals surface area contributed by atoms with Crippen LogP contribution in [0.15, 0.2) is 24.5 Å². The van der Waals surface area contributed by atoms with Gasteiger partial charge in [-0.15, -0.1) is 0 Å². The smallest absolute Gasteiger partial charge is 0.254 e. The van der Waals surface area contributed by atoms with Crippen LogP contribution in [0, 0.1) is 0 Å². The van der Waals surface area contributed by atoms with Crippen molar-refractivity contribution >= 4 is 11.8 Å². The van der Waals surface area contributed by atoms with Crippen LogP contribution in [0.3, 0.4) is 0 Å². The van der Waals surface area contributed by atoms with Gasteiger partial charge in [-0.1, -0.05) is 19.3 Å². The summed E-state index contributed by atoms with van der Waals surface area (Å²) in [5.41, 5.74) is 0.677. The zero-order valence-electron chi connectivity index (χ0n) is 15.7. The van der Waals surface area contributed by atoms with Crippen LogP contribution in [-0.4, -0.2) is 64.9 Å². The second-order valence-electron chi connectivity index (χ2n) is 7.44. The van der Waals surface area contributed by atoms with Gasteiger partial charge in [-0.2, -0.15) is 0 Å². The van der Waals surface area contributed by atoms with Crippen molar-refractivity contribution in [3.05, 3.63) is 30.1 Å². The molecule has 1 unspecified atom stereocenters. The van der Waals surface area contributed by atoms with E-state index >= 15 is 0 Å². The summed E-state index contributed by atoms with van der Waals surface area (Å²) < 4.78 is 0. The van der Waals surface area contributed by atoms with E-state index in [2.05, 4.69) is 15.2 Å². The van der Waals surface area contributed by atoms with Crippen molar-refractivity contribution in [2.45, 2.75) is 57.5 Å². The molecule has 142 valence electrons. The van der Waals surface area contributed by atoms with Crippen molar-refractivity contribution in [3.63, 3.8) is 0 Å². The molecule has 1 aliphatic carbocycles. The van der Waals surface area contributed by atoms with Crippen LogP contribution in [0.25, 0.3) is 0 Å². The number of rotatable bonds is 4. The number of nitrogens with one attached hydrogen (secondary N) is 1. The molecular formula is C20H30N4O2. The third kappa shape index (κ3) is 4.81. The first-order chi connectivity index (χ1) is 12.6. The number of carbonyl (C=O) groups is 2. The summed E-state index contributed by atoms with van der Waals surface area (Å²) in [5.74, 6) is 0.180. The van der Waals surface area contributed by atoms with E-state index < -0.39 is 0 Å². The van der Waals surface area contributed by atoms with E-state index in [1.807, 2.05) is 11.8 Å². The fourth-order valence-electron chi connectivity index (χ4n) is 3.94. The Balaban J connectivity index is 1.52. The Kier molecular flexibility index (Phi) is 6.61. The Hall–Kier alpha value is -1.95. The highest BCUT2D eigenvalue weighted by molar-refractivity contribution is 5.94. The molecule has 1 saturated heterocycles. The number of aromatic nitrogens is 1. The summed E-state index contributed by atoms with van der Waals surface area (Å²) in [4.78, 5) is 33.3. The Labute approximate surface area is 156 Å². The first kappa shape index (κ1) is 18.8. The quantitative estimate of drug-likeness (QED) is 0.895. The van der Waals surface area contributed by atoms with Gasteiger partial charge in [-0.05, 0) is 38.3 Å². The third-order valence-electron chi connectivity index (χ3n) is 5.62. The molecule has 2 amide bonds. The van der Waals surface area contributed by atoms with Gasteiger partial charge in [0.2, 0.25) is 5.91 Å². The van der Waals surface area contributed by atoms with Gasteiger partial charge in [0.05, 0.1) is 6.04 Å². The number of amides is 2. The molecule has 0 radical (unpaired) electrons. The maximum atomic E-state index is 12.6. The first-order valence-corrected chi connectivity index (χ1v) is 9.89. The molecule has 1 N–H and O–H groups in total. The van der Waals surface area contributed by atoms with E-state index in [1.54, 1.807) is 24.5 Å². The van der Waals surface area contributed by atoms with Gasteiger partial charge >= 0.3 is 0 Å². The van der Waals surface area contributed by atoms with E-state index in [1.165, 1.54) is 19.3 Å². The van der Waals surface area contributed by atoms with E-state index in [-0.39, 0.29) is 17.9 Å². The molecule has 1 aromatic rings. The normalized spacial score (nSPS) is 21.0. The molecule has 0 spiro atoms. The minimum atomic E-state index is -0.145. The van der Waals surface area contributed by atoms with E-state index in [4.69, 9.17) is 0 Å². The van der Waals surface area contributed by atoms with Crippen molar-refractivity contribution in [2.24, 2.45) is 0 Å².